The van der Waals surface area contributed by atoms with Gasteiger partial charge in [-0.3, -0.25) is 9.58 Å². The molecule has 4 rings (SSSR count). The first-order valence-corrected chi connectivity index (χ1v) is 8.40. The maximum absolute atomic E-state index is 4.65. The molecular formula is C18H18N4S. The van der Waals surface area contributed by atoms with Crippen molar-refractivity contribution in [2.75, 3.05) is 0 Å². The van der Waals surface area contributed by atoms with Crippen LogP contribution < -0.4 is 0 Å². The lowest BCUT2D eigenvalue weighted by Gasteiger charge is -2.26. The topological polar surface area (TPSA) is 33.4 Å². The van der Waals surface area contributed by atoms with Crippen LogP contribution in [0.3, 0.4) is 0 Å². The highest BCUT2D eigenvalue weighted by molar-refractivity contribution is 7.18. The Morgan fingerprint density at radius 2 is 2.04 bits per heavy atom. The van der Waals surface area contributed by atoms with Crippen LogP contribution in [0.15, 0.2) is 35.9 Å². The van der Waals surface area contributed by atoms with Crippen LogP contribution in [0.1, 0.15) is 27.4 Å². The van der Waals surface area contributed by atoms with Gasteiger partial charge in [-0.05, 0) is 26.3 Å². The van der Waals surface area contributed by atoms with Crippen LogP contribution in [-0.4, -0.2) is 20.9 Å². The summed E-state index contributed by atoms with van der Waals surface area (Å²) in [7, 11) is 0. The van der Waals surface area contributed by atoms with Crippen molar-refractivity contribution in [3.8, 4) is 0 Å². The molecule has 0 amide bonds. The quantitative estimate of drug-likeness (QED) is 0.705. The molecule has 1 aliphatic rings. The lowest BCUT2D eigenvalue weighted by Crippen LogP contribution is -2.23. The Morgan fingerprint density at radius 3 is 2.83 bits per heavy atom. The van der Waals surface area contributed by atoms with Crippen LogP contribution in [0.4, 0.5) is 0 Å². The highest BCUT2D eigenvalue weighted by Gasteiger charge is 2.25. The zero-order chi connectivity index (χ0) is 16.1. The average molecular weight is 322 g/mol. The van der Waals surface area contributed by atoms with Crippen molar-refractivity contribution in [3.05, 3.63) is 58.2 Å². The van der Waals surface area contributed by atoms with Crippen LogP contribution in [0.5, 0.6) is 0 Å². The third-order valence-corrected chi connectivity index (χ3v) is 5.16. The molecule has 0 bridgehead atoms. The van der Waals surface area contributed by atoms with Crippen LogP contribution in [0, 0.1) is 20.8 Å². The molecule has 23 heavy (non-hydrogen) atoms. The SMILES string of the molecule is C=C1c2c(C)c3nc(C)sc3n2C=NN1Cc1cccc(C)c1. The summed E-state index contributed by atoms with van der Waals surface area (Å²) in [6.07, 6.45) is 1.88. The number of thiazole rings is 1. The number of rotatable bonds is 2. The number of fused-ring (bicyclic) bond motifs is 3. The van der Waals surface area contributed by atoms with E-state index in [4.69, 9.17) is 0 Å². The molecule has 0 saturated heterocycles. The zero-order valence-corrected chi connectivity index (χ0v) is 14.3. The molecular weight excluding hydrogens is 304 g/mol. The van der Waals surface area contributed by atoms with Crippen LogP contribution in [0.25, 0.3) is 16.0 Å². The van der Waals surface area contributed by atoms with Crippen molar-refractivity contribution in [1.29, 1.82) is 0 Å². The molecule has 3 aromatic rings. The molecule has 0 unspecified atom stereocenters. The summed E-state index contributed by atoms with van der Waals surface area (Å²) in [5.74, 6) is 0. The molecule has 1 aliphatic heterocycles. The lowest BCUT2D eigenvalue weighted by atomic mass is 10.1. The Hall–Kier alpha value is -2.40. The van der Waals surface area contributed by atoms with E-state index >= 15 is 0 Å². The van der Waals surface area contributed by atoms with Crippen LogP contribution in [-0.2, 0) is 6.54 Å². The van der Waals surface area contributed by atoms with E-state index < -0.39 is 0 Å². The van der Waals surface area contributed by atoms with E-state index in [2.05, 4.69) is 59.3 Å². The Morgan fingerprint density at radius 1 is 1.22 bits per heavy atom. The molecule has 2 aromatic heterocycles. The van der Waals surface area contributed by atoms with Gasteiger partial charge in [0.1, 0.15) is 16.7 Å². The number of hydrazone groups is 1. The first-order valence-electron chi connectivity index (χ1n) is 7.59. The van der Waals surface area contributed by atoms with Crippen LogP contribution >= 0.6 is 11.3 Å². The minimum atomic E-state index is 0.724. The van der Waals surface area contributed by atoms with Gasteiger partial charge >= 0.3 is 0 Å². The first kappa shape index (κ1) is 14.2. The van der Waals surface area contributed by atoms with Gasteiger partial charge in [0, 0.05) is 5.56 Å². The molecule has 5 heteroatoms. The molecule has 0 N–H and O–H groups in total. The number of hydrogen-bond donors (Lipinski definition) is 0. The van der Waals surface area contributed by atoms with Gasteiger partial charge in [0.05, 0.1) is 22.9 Å². The minimum Gasteiger partial charge on any atom is -0.286 e. The molecule has 116 valence electrons. The molecule has 3 heterocycles. The third-order valence-electron chi connectivity index (χ3n) is 4.19. The summed E-state index contributed by atoms with van der Waals surface area (Å²) in [6, 6.07) is 8.50. The smallest absolute Gasteiger partial charge is 0.129 e. The van der Waals surface area contributed by atoms with E-state index in [1.807, 2.05) is 18.3 Å². The number of nitrogens with zero attached hydrogens (tertiary/aromatic N) is 4. The summed E-state index contributed by atoms with van der Waals surface area (Å²) >= 11 is 1.70. The van der Waals surface area contributed by atoms with E-state index in [1.165, 1.54) is 16.7 Å². The van der Waals surface area contributed by atoms with Gasteiger partial charge in [-0.1, -0.05) is 36.4 Å². The second kappa shape index (κ2) is 5.06. The fourth-order valence-electron chi connectivity index (χ4n) is 3.11. The summed E-state index contributed by atoms with van der Waals surface area (Å²) in [4.78, 5) is 5.80. The van der Waals surface area contributed by atoms with Gasteiger partial charge in [0.2, 0.25) is 0 Å². The number of hydrogen-bond acceptors (Lipinski definition) is 4. The largest absolute Gasteiger partial charge is 0.286 e. The normalized spacial score (nSPS) is 13.9. The molecule has 4 nitrogen and oxygen atoms in total. The zero-order valence-electron chi connectivity index (χ0n) is 13.5. The van der Waals surface area contributed by atoms with Crippen molar-refractivity contribution in [2.24, 2.45) is 5.10 Å². The van der Waals surface area contributed by atoms with Crippen molar-refractivity contribution < 1.29 is 0 Å². The van der Waals surface area contributed by atoms with Gasteiger partial charge in [-0.15, -0.1) is 11.3 Å². The third kappa shape index (κ3) is 2.19. The minimum absolute atomic E-state index is 0.724. The molecule has 0 aliphatic carbocycles. The fourth-order valence-corrected chi connectivity index (χ4v) is 4.06. The monoisotopic (exact) mass is 322 g/mol. The molecule has 0 spiro atoms. The highest BCUT2D eigenvalue weighted by atomic mass is 32.1. The fraction of sp³-hybridized carbons (Fsp3) is 0.222. The maximum Gasteiger partial charge on any atom is 0.129 e. The highest BCUT2D eigenvalue weighted by Crippen LogP contribution is 2.35. The van der Waals surface area contributed by atoms with E-state index in [0.717, 1.165) is 33.3 Å². The molecule has 0 atom stereocenters. The summed E-state index contributed by atoms with van der Waals surface area (Å²) in [5, 5.41) is 7.64. The van der Waals surface area contributed by atoms with Crippen LogP contribution in [0.2, 0.25) is 0 Å². The standard InChI is InChI=1S/C18H18N4S/c1-11-6-5-7-15(8-11)9-22-13(3)17-12(2)16-18(21(17)10-19-22)23-14(4)20-16/h5-8,10H,3,9H2,1-2,4H3. The first-order chi connectivity index (χ1) is 11.0. The van der Waals surface area contributed by atoms with E-state index in [1.54, 1.807) is 11.3 Å². The second-order valence-electron chi connectivity index (χ2n) is 5.95. The van der Waals surface area contributed by atoms with Crippen molar-refractivity contribution in [2.45, 2.75) is 27.3 Å². The second-order valence-corrected chi connectivity index (χ2v) is 7.14. The van der Waals surface area contributed by atoms with Gasteiger partial charge in [-0.2, -0.15) is 5.10 Å². The Bertz CT molecular complexity index is 961. The predicted molar refractivity (Wildman–Crippen MR) is 96.7 cm³/mol. The van der Waals surface area contributed by atoms with Gasteiger partial charge in [-0.25, -0.2) is 4.98 Å². The van der Waals surface area contributed by atoms with E-state index in [9.17, 15) is 0 Å². The molecule has 0 radical (unpaired) electrons. The Kier molecular flexibility index (Phi) is 3.13. The number of aryl methyl sites for hydroxylation is 3. The van der Waals surface area contributed by atoms with Crippen molar-refractivity contribution in [3.63, 3.8) is 0 Å². The van der Waals surface area contributed by atoms with Crippen molar-refractivity contribution >= 4 is 33.7 Å². The lowest BCUT2D eigenvalue weighted by molar-refractivity contribution is 0.408. The Labute approximate surface area is 139 Å². The van der Waals surface area contributed by atoms with Gasteiger partial charge in [0.15, 0.2) is 0 Å². The maximum atomic E-state index is 4.65. The molecule has 0 fully saturated rings. The van der Waals surface area contributed by atoms with Gasteiger partial charge < -0.3 is 0 Å². The average Bonchev–Trinajstić information content (AvgIpc) is 3.00. The summed E-state index contributed by atoms with van der Waals surface area (Å²) in [6.45, 7) is 11.3. The predicted octanol–water partition coefficient (Wildman–Crippen LogP) is 4.30. The molecule has 1 aromatic carbocycles. The van der Waals surface area contributed by atoms with E-state index in [-0.39, 0.29) is 0 Å². The summed E-state index contributed by atoms with van der Waals surface area (Å²) < 4.78 is 2.12. The van der Waals surface area contributed by atoms with Gasteiger partial charge in [0.25, 0.3) is 0 Å². The Balaban J connectivity index is 1.74. The van der Waals surface area contributed by atoms with E-state index in [0.29, 0.717) is 0 Å². The number of benzene rings is 1. The van der Waals surface area contributed by atoms with Crippen molar-refractivity contribution in [1.82, 2.24) is 14.6 Å². The molecule has 0 saturated carbocycles. The summed E-state index contributed by atoms with van der Waals surface area (Å²) in [5.41, 5.74) is 6.77. The number of aromatic nitrogens is 2.